The highest BCUT2D eigenvalue weighted by Gasteiger charge is 2.07. The Morgan fingerprint density at radius 3 is 2.58 bits per heavy atom. The summed E-state index contributed by atoms with van der Waals surface area (Å²) in [5.41, 5.74) is 8.98. The van der Waals surface area contributed by atoms with Crippen LogP contribution in [0.1, 0.15) is 16.7 Å². The highest BCUT2D eigenvalue weighted by molar-refractivity contribution is 9.10. The summed E-state index contributed by atoms with van der Waals surface area (Å²) in [6.07, 6.45) is 0. The van der Waals surface area contributed by atoms with E-state index in [1.807, 2.05) is 26.0 Å². The van der Waals surface area contributed by atoms with Crippen LogP contribution in [0.2, 0.25) is 0 Å². The van der Waals surface area contributed by atoms with Crippen molar-refractivity contribution in [3.8, 4) is 5.75 Å². The number of nitrogens with two attached hydrogens (primary N) is 1. The van der Waals surface area contributed by atoms with Gasteiger partial charge >= 0.3 is 0 Å². The Morgan fingerprint density at radius 1 is 1.16 bits per heavy atom. The number of hydrogen-bond donors (Lipinski definition) is 1. The van der Waals surface area contributed by atoms with Crippen molar-refractivity contribution >= 4 is 21.6 Å². The van der Waals surface area contributed by atoms with Crippen LogP contribution >= 0.6 is 15.9 Å². The molecule has 2 aromatic carbocycles. The molecular weight excluding hydrogens is 309 g/mol. The van der Waals surface area contributed by atoms with E-state index in [9.17, 15) is 4.39 Å². The van der Waals surface area contributed by atoms with Crippen molar-refractivity contribution in [2.45, 2.75) is 20.5 Å². The van der Waals surface area contributed by atoms with Crippen molar-refractivity contribution in [2.24, 2.45) is 0 Å². The molecule has 19 heavy (non-hydrogen) atoms. The van der Waals surface area contributed by atoms with Gasteiger partial charge < -0.3 is 10.5 Å². The van der Waals surface area contributed by atoms with Crippen LogP contribution in [0.25, 0.3) is 0 Å². The number of aryl methyl sites for hydroxylation is 2. The van der Waals surface area contributed by atoms with E-state index in [0.717, 1.165) is 22.6 Å². The second-order valence-electron chi connectivity index (χ2n) is 4.50. The zero-order chi connectivity index (χ0) is 14.0. The van der Waals surface area contributed by atoms with E-state index in [1.165, 1.54) is 6.07 Å². The predicted octanol–water partition coefficient (Wildman–Crippen LogP) is 4.37. The van der Waals surface area contributed by atoms with Crippen LogP contribution in [0.15, 0.2) is 34.8 Å². The van der Waals surface area contributed by atoms with Crippen molar-refractivity contribution < 1.29 is 9.13 Å². The zero-order valence-corrected chi connectivity index (χ0v) is 12.4. The summed E-state index contributed by atoms with van der Waals surface area (Å²) >= 11 is 3.23. The lowest BCUT2D eigenvalue weighted by molar-refractivity contribution is 0.297. The number of halogens is 2. The van der Waals surface area contributed by atoms with Gasteiger partial charge in [-0.1, -0.05) is 22.0 Å². The summed E-state index contributed by atoms with van der Waals surface area (Å²) in [7, 11) is 0. The summed E-state index contributed by atoms with van der Waals surface area (Å²) < 4.78 is 20.1. The van der Waals surface area contributed by atoms with Gasteiger partial charge in [0, 0.05) is 15.7 Å². The molecule has 0 aliphatic heterocycles. The molecule has 2 nitrogen and oxygen atoms in total. The lowest BCUT2D eigenvalue weighted by atomic mass is 10.1. The van der Waals surface area contributed by atoms with E-state index in [2.05, 4.69) is 15.9 Å². The third kappa shape index (κ3) is 3.26. The summed E-state index contributed by atoms with van der Waals surface area (Å²) in [5.74, 6) is 0.452. The van der Waals surface area contributed by atoms with E-state index in [4.69, 9.17) is 10.5 Å². The molecule has 2 aromatic rings. The first-order chi connectivity index (χ1) is 8.97. The van der Waals surface area contributed by atoms with E-state index < -0.39 is 0 Å². The highest BCUT2D eigenvalue weighted by atomic mass is 79.9. The molecule has 2 N–H and O–H groups in total. The average Bonchev–Trinajstić information content (AvgIpc) is 2.34. The van der Waals surface area contributed by atoms with Crippen LogP contribution in [0.4, 0.5) is 10.1 Å². The van der Waals surface area contributed by atoms with Crippen LogP contribution < -0.4 is 10.5 Å². The Kier molecular flexibility index (Phi) is 4.10. The van der Waals surface area contributed by atoms with Gasteiger partial charge in [-0.3, -0.25) is 0 Å². The quantitative estimate of drug-likeness (QED) is 0.851. The molecule has 0 atom stereocenters. The smallest absolute Gasteiger partial charge is 0.130 e. The number of ether oxygens (including phenoxy) is 1. The maximum atomic E-state index is 13.7. The maximum Gasteiger partial charge on any atom is 0.130 e. The minimum Gasteiger partial charge on any atom is -0.489 e. The molecule has 0 amide bonds. The van der Waals surface area contributed by atoms with E-state index in [0.29, 0.717) is 10.0 Å². The fourth-order valence-corrected chi connectivity index (χ4v) is 2.09. The molecule has 0 unspecified atom stereocenters. The summed E-state index contributed by atoms with van der Waals surface area (Å²) in [5, 5.41) is 0. The van der Waals surface area contributed by atoms with Crippen molar-refractivity contribution in [1.82, 2.24) is 0 Å². The third-order valence-corrected chi connectivity index (χ3v) is 3.46. The second-order valence-corrected chi connectivity index (χ2v) is 5.41. The zero-order valence-electron chi connectivity index (χ0n) is 10.8. The van der Waals surface area contributed by atoms with E-state index in [1.54, 1.807) is 12.1 Å². The molecule has 0 aromatic heterocycles. The third-order valence-electron chi connectivity index (χ3n) is 2.96. The van der Waals surface area contributed by atoms with Gasteiger partial charge in [-0.05, 0) is 49.2 Å². The standard InChI is InChI=1S/C15H15BrFNO/c1-9-6-15(10(2)5-14(9)18)19-8-11-3-4-12(16)7-13(11)17/h3-7H,8,18H2,1-2H3. The lowest BCUT2D eigenvalue weighted by Gasteiger charge is -2.12. The second kappa shape index (κ2) is 5.61. The minimum absolute atomic E-state index is 0.198. The van der Waals surface area contributed by atoms with Gasteiger partial charge in [0.2, 0.25) is 0 Å². The molecule has 0 aliphatic rings. The lowest BCUT2D eigenvalue weighted by Crippen LogP contribution is -2.01. The number of rotatable bonds is 3. The molecule has 0 bridgehead atoms. The molecule has 0 radical (unpaired) electrons. The molecule has 100 valence electrons. The fourth-order valence-electron chi connectivity index (χ4n) is 1.76. The van der Waals surface area contributed by atoms with Crippen LogP contribution in [0.5, 0.6) is 5.75 Å². The maximum absolute atomic E-state index is 13.7. The first kappa shape index (κ1) is 13.9. The van der Waals surface area contributed by atoms with Crippen LogP contribution in [-0.2, 0) is 6.61 Å². The van der Waals surface area contributed by atoms with Gasteiger partial charge in [0.25, 0.3) is 0 Å². The van der Waals surface area contributed by atoms with Crippen molar-refractivity contribution in [2.75, 3.05) is 5.73 Å². The molecule has 2 rings (SSSR count). The molecule has 0 heterocycles. The first-order valence-corrected chi connectivity index (χ1v) is 6.70. The Balaban J connectivity index is 2.16. The highest BCUT2D eigenvalue weighted by Crippen LogP contribution is 2.25. The van der Waals surface area contributed by atoms with Crippen molar-refractivity contribution in [3.05, 3.63) is 57.3 Å². The number of hydrogen-bond acceptors (Lipinski definition) is 2. The summed E-state index contributed by atoms with van der Waals surface area (Å²) in [6.45, 7) is 4.04. The molecule has 0 saturated carbocycles. The van der Waals surface area contributed by atoms with Crippen molar-refractivity contribution in [1.29, 1.82) is 0 Å². The van der Waals surface area contributed by atoms with E-state index in [-0.39, 0.29) is 12.4 Å². The van der Waals surface area contributed by atoms with Gasteiger partial charge in [0.15, 0.2) is 0 Å². The molecule has 0 fully saturated rings. The monoisotopic (exact) mass is 323 g/mol. The van der Waals surface area contributed by atoms with Gasteiger partial charge in [-0.25, -0.2) is 4.39 Å². The predicted molar refractivity (Wildman–Crippen MR) is 78.8 cm³/mol. The number of nitrogen functional groups attached to an aromatic ring is 1. The van der Waals surface area contributed by atoms with Gasteiger partial charge in [-0.2, -0.15) is 0 Å². The Labute approximate surface area is 120 Å². The Hall–Kier alpha value is -1.55. The average molecular weight is 324 g/mol. The molecule has 0 aliphatic carbocycles. The largest absolute Gasteiger partial charge is 0.489 e. The Morgan fingerprint density at radius 2 is 1.89 bits per heavy atom. The SMILES string of the molecule is Cc1cc(OCc2ccc(Br)cc2F)c(C)cc1N. The summed E-state index contributed by atoms with van der Waals surface area (Å²) in [4.78, 5) is 0. The normalized spacial score (nSPS) is 10.5. The molecule has 0 spiro atoms. The molecule has 0 saturated heterocycles. The van der Waals surface area contributed by atoms with Crippen LogP contribution in [0, 0.1) is 19.7 Å². The topological polar surface area (TPSA) is 35.2 Å². The van der Waals surface area contributed by atoms with Gasteiger partial charge in [0.1, 0.15) is 18.2 Å². The van der Waals surface area contributed by atoms with Gasteiger partial charge in [-0.15, -0.1) is 0 Å². The number of anilines is 1. The summed E-state index contributed by atoms with van der Waals surface area (Å²) in [6, 6.07) is 8.67. The molecular formula is C15H15BrFNO. The Bertz CT molecular complexity index is 613. The number of benzene rings is 2. The van der Waals surface area contributed by atoms with E-state index >= 15 is 0 Å². The fraction of sp³-hybridized carbons (Fsp3) is 0.200. The van der Waals surface area contributed by atoms with Gasteiger partial charge in [0.05, 0.1) is 0 Å². The van der Waals surface area contributed by atoms with Crippen LogP contribution in [0.3, 0.4) is 0 Å². The van der Waals surface area contributed by atoms with Crippen molar-refractivity contribution in [3.63, 3.8) is 0 Å². The minimum atomic E-state index is -0.279. The molecule has 4 heteroatoms. The first-order valence-electron chi connectivity index (χ1n) is 5.91. The van der Waals surface area contributed by atoms with Crippen LogP contribution in [-0.4, -0.2) is 0 Å².